The number of phenols is 2. The van der Waals surface area contributed by atoms with Crippen molar-refractivity contribution in [3.05, 3.63) is 95.6 Å². The number of fused-ring (bicyclic) bond motifs is 2. The van der Waals surface area contributed by atoms with E-state index in [1.165, 1.54) is 12.1 Å². The van der Waals surface area contributed by atoms with Gasteiger partial charge in [-0.1, -0.05) is 96.1 Å². The van der Waals surface area contributed by atoms with Crippen molar-refractivity contribution in [2.24, 2.45) is 34.0 Å². The van der Waals surface area contributed by atoms with Crippen molar-refractivity contribution in [2.45, 2.75) is 92.3 Å². The number of carboxylic acid groups (broad SMARTS) is 2. The summed E-state index contributed by atoms with van der Waals surface area (Å²) in [5.41, 5.74) is -1.14. The van der Waals surface area contributed by atoms with Crippen molar-refractivity contribution in [2.75, 3.05) is 31.1 Å². The fourth-order valence-electron chi connectivity index (χ4n) is 11.3. The first-order chi connectivity index (χ1) is 29.9. The average Bonchev–Trinajstić information content (AvgIpc) is 3.62. The largest absolute Gasteiger partial charge is 0.507 e. The second kappa shape index (κ2) is 19.1. The van der Waals surface area contributed by atoms with Gasteiger partial charge in [0, 0.05) is 53.0 Å². The molecule has 2 bridgehead atoms. The van der Waals surface area contributed by atoms with E-state index < -0.39 is 46.5 Å². The van der Waals surface area contributed by atoms with Crippen LogP contribution in [-0.4, -0.2) is 97.5 Å². The molecule has 0 saturated heterocycles. The van der Waals surface area contributed by atoms with Gasteiger partial charge >= 0.3 is 17.9 Å². The summed E-state index contributed by atoms with van der Waals surface area (Å²) in [7, 11) is 0. The third-order valence-corrected chi connectivity index (χ3v) is 16.2. The highest BCUT2D eigenvalue weighted by atomic mass is 32.2. The van der Waals surface area contributed by atoms with E-state index >= 15 is 0 Å². The van der Waals surface area contributed by atoms with Crippen LogP contribution in [-0.2, 0) is 20.7 Å². The lowest BCUT2D eigenvalue weighted by atomic mass is 9.44. The Morgan fingerprint density at radius 2 is 1.43 bits per heavy atom. The van der Waals surface area contributed by atoms with Crippen LogP contribution in [0.4, 0.5) is 0 Å². The second-order valence-corrected chi connectivity index (χ2v) is 19.5. The first kappa shape index (κ1) is 47.6. The number of esters is 1. The van der Waals surface area contributed by atoms with E-state index in [4.69, 9.17) is 4.74 Å². The summed E-state index contributed by atoms with van der Waals surface area (Å²) in [6.07, 6.45) is 4.60. The summed E-state index contributed by atoms with van der Waals surface area (Å²) in [5.74, 6) is -1.98. The van der Waals surface area contributed by atoms with Gasteiger partial charge in [-0.25, -0.2) is 9.59 Å². The zero-order chi connectivity index (χ0) is 46.0. The number of carbonyl (C=O) groups is 4. The zero-order valence-corrected chi connectivity index (χ0v) is 38.2. The number of Topliss-reactive ketones (excluding diaryl/α,β-unsaturated/α-hetero) is 1. The van der Waals surface area contributed by atoms with Crippen LogP contribution in [0.25, 0.3) is 21.5 Å². The third-order valence-electron chi connectivity index (χ3n) is 15.3. The number of ketones is 1. The molecule has 5 N–H and O–H groups in total. The van der Waals surface area contributed by atoms with Crippen molar-refractivity contribution in [1.82, 2.24) is 4.90 Å². The molecule has 8 atom stereocenters. The highest BCUT2D eigenvalue weighted by Crippen LogP contribution is 2.68. The van der Waals surface area contributed by atoms with E-state index in [0.717, 1.165) is 44.6 Å². The molecule has 3 aliphatic carbocycles. The molecule has 4 aromatic carbocycles. The smallest absolute Gasteiger partial charge is 0.339 e. The molecule has 0 radical (unpaired) electrons. The molecule has 3 aliphatic rings. The molecule has 3 fully saturated rings. The summed E-state index contributed by atoms with van der Waals surface area (Å²) >= 11 is 1.61. The van der Waals surface area contributed by atoms with E-state index in [9.17, 15) is 44.7 Å². The van der Waals surface area contributed by atoms with Crippen LogP contribution in [0, 0.1) is 34.0 Å². The van der Waals surface area contributed by atoms with Crippen LogP contribution in [0.15, 0.2) is 73.3 Å². The quantitative estimate of drug-likeness (QED) is 0.0488. The fourth-order valence-corrected chi connectivity index (χ4v) is 12.0. The van der Waals surface area contributed by atoms with E-state index in [2.05, 4.69) is 46.1 Å². The maximum absolute atomic E-state index is 13.4. The molecule has 338 valence electrons. The molecule has 3 saturated carbocycles. The van der Waals surface area contributed by atoms with Gasteiger partial charge in [0.05, 0.1) is 11.9 Å². The number of aliphatic hydroxyl groups excluding tert-OH is 1. The van der Waals surface area contributed by atoms with Gasteiger partial charge < -0.3 is 35.2 Å². The molecular weight excluding hydrogens is 819 g/mol. The van der Waals surface area contributed by atoms with Gasteiger partial charge in [-0.3, -0.25) is 9.59 Å². The Labute approximate surface area is 374 Å². The molecular formula is C51H63NO10S. The summed E-state index contributed by atoms with van der Waals surface area (Å²) in [5, 5.41) is 54.4. The first-order valence-corrected chi connectivity index (χ1v) is 23.3. The SMILES string of the molecule is C=C[C@]1(C)C[C@@H](OC(=O)CSCCN(CC)CC)C2(C)C(C)CC[C@]3(CCC(=O)[C@@H]23)[C@@H](C)[C@@H]1O.O=C(O)c1cc2ccccc2c(Cc2c(O)c(C(=O)O)cc3ccccc23)c1O. The van der Waals surface area contributed by atoms with Crippen molar-refractivity contribution in [3.63, 3.8) is 0 Å². The van der Waals surface area contributed by atoms with E-state index in [-0.39, 0.29) is 46.7 Å². The van der Waals surface area contributed by atoms with E-state index in [1.54, 1.807) is 60.3 Å². The molecule has 0 aromatic heterocycles. The number of hydrogen-bond acceptors (Lipinski definition) is 10. The second-order valence-electron chi connectivity index (χ2n) is 18.4. The predicted octanol–water partition coefficient (Wildman–Crippen LogP) is 9.36. The van der Waals surface area contributed by atoms with Crippen molar-refractivity contribution in [1.29, 1.82) is 0 Å². The van der Waals surface area contributed by atoms with Crippen LogP contribution in [0.5, 0.6) is 11.5 Å². The standard InChI is InChI=1S/C28H47NO4S.C23H16O6/c1-8-26(6)17-22(33-23(31)18-34-16-15-29(9-2)10-3)27(7)19(4)11-13-28(20(5)25(26)32)14-12-21(30)24(27)28;24-20-16(14-7-3-1-5-12(14)9-18(20)22(26)27)11-17-15-8-4-2-6-13(15)10-19(21(17)25)23(28)29/h8,19-20,22,24-25,32H,1,9-18H2,2-7H3;1-10,24-25H,11H2,(H,26,27)(H,28,29)/t19?,20-,22+,24-,25-,26+,27?,28-;/m0./s1. The number of aliphatic hydroxyl groups is 1. The Morgan fingerprint density at radius 1 is 0.889 bits per heavy atom. The minimum Gasteiger partial charge on any atom is -0.507 e. The molecule has 11 nitrogen and oxygen atoms in total. The number of carbonyl (C=O) groups excluding carboxylic acids is 2. The minimum atomic E-state index is -1.28. The molecule has 0 spiro atoms. The van der Waals surface area contributed by atoms with Crippen molar-refractivity contribution >= 4 is 57.0 Å². The van der Waals surface area contributed by atoms with Crippen LogP contribution >= 0.6 is 11.8 Å². The monoisotopic (exact) mass is 881 g/mol. The highest BCUT2D eigenvalue weighted by Gasteiger charge is 2.68. The summed E-state index contributed by atoms with van der Waals surface area (Å²) in [6, 6.07) is 16.8. The minimum absolute atomic E-state index is 0.00828. The number of ether oxygens (including phenoxy) is 1. The Bertz CT molecular complexity index is 2290. The lowest BCUT2D eigenvalue weighted by molar-refractivity contribution is -0.205. The Kier molecular flexibility index (Phi) is 14.4. The van der Waals surface area contributed by atoms with Gasteiger partial charge in [-0.15, -0.1) is 18.3 Å². The van der Waals surface area contributed by atoms with Gasteiger partial charge in [0.1, 0.15) is 34.5 Å². The van der Waals surface area contributed by atoms with Crippen LogP contribution in [0.2, 0.25) is 0 Å². The molecule has 2 unspecified atom stereocenters. The van der Waals surface area contributed by atoms with Gasteiger partial charge in [0.2, 0.25) is 0 Å². The Balaban J connectivity index is 0.000000212. The molecule has 12 heteroatoms. The van der Waals surface area contributed by atoms with Crippen molar-refractivity contribution in [3.8, 4) is 11.5 Å². The van der Waals surface area contributed by atoms with Crippen LogP contribution in [0.1, 0.15) is 105 Å². The summed E-state index contributed by atoms with van der Waals surface area (Å²) in [6.45, 7) is 20.0. The summed E-state index contributed by atoms with van der Waals surface area (Å²) < 4.78 is 6.30. The van der Waals surface area contributed by atoms with Crippen LogP contribution < -0.4 is 0 Å². The number of nitrogens with zero attached hydrogens (tertiary/aromatic N) is 1. The lowest BCUT2D eigenvalue weighted by Gasteiger charge is -2.61. The molecule has 0 amide bonds. The van der Waals surface area contributed by atoms with E-state index in [0.29, 0.717) is 57.0 Å². The number of carboxylic acids is 2. The Morgan fingerprint density at radius 3 is 1.94 bits per heavy atom. The molecule has 0 aliphatic heterocycles. The lowest BCUT2D eigenvalue weighted by Crippen LogP contribution is -2.63. The highest BCUT2D eigenvalue weighted by molar-refractivity contribution is 7.99. The maximum atomic E-state index is 13.4. The van der Waals surface area contributed by atoms with Crippen LogP contribution in [0.3, 0.4) is 0 Å². The number of hydrogen-bond donors (Lipinski definition) is 5. The number of thioether (sulfide) groups is 1. The summed E-state index contributed by atoms with van der Waals surface area (Å²) in [4.78, 5) is 52.1. The topological polar surface area (TPSA) is 182 Å². The first-order valence-electron chi connectivity index (χ1n) is 22.2. The third kappa shape index (κ3) is 8.83. The van der Waals surface area contributed by atoms with Crippen molar-refractivity contribution < 1.29 is 49.4 Å². The normalized spacial score (nSPS) is 27.8. The van der Waals surface area contributed by atoms with E-state index in [1.807, 2.05) is 13.0 Å². The predicted molar refractivity (Wildman–Crippen MR) is 248 cm³/mol. The molecule has 7 rings (SSSR count). The Hall–Kier alpha value is -4.91. The fraction of sp³-hybridized carbons (Fsp3) is 0.490. The van der Waals surface area contributed by atoms with Gasteiger partial charge in [0.25, 0.3) is 0 Å². The number of aromatic carboxylic acids is 2. The van der Waals surface area contributed by atoms with Gasteiger partial charge in [0.15, 0.2) is 0 Å². The molecule has 0 heterocycles. The average molecular weight is 882 g/mol. The molecule has 4 aromatic rings. The zero-order valence-electron chi connectivity index (χ0n) is 37.4. The number of benzene rings is 4. The number of rotatable bonds is 13. The molecule has 63 heavy (non-hydrogen) atoms. The maximum Gasteiger partial charge on any atom is 0.339 e. The van der Waals surface area contributed by atoms with Gasteiger partial charge in [-0.05, 0) is 89.7 Å². The number of aromatic hydroxyl groups is 2. The van der Waals surface area contributed by atoms with Gasteiger partial charge in [-0.2, -0.15) is 0 Å².